The summed E-state index contributed by atoms with van der Waals surface area (Å²) in [6.07, 6.45) is 1.16. The van der Waals surface area contributed by atoms with Gasteiger partial charge < -0.3 is 19.3 Å². The molecular weight excluding hydrogens is 403 g/mol. The summed E-state index contributed by atoms with van der Waals surface area (Å²) in [5.41, 5.74) is 2.47. The molecule has 0 saturated carbocycles. The molecule has 9 nitrogen and oxygen atoms in total. The quantitative estimate of drug-likeness (QED) is 0.737. The van der Waals surface area contributed by atoms with Crippen molar-refractivity contribution in [2.24, 2.45) is 7.05 Å². The van der Waals surface area contributed by atoms with Gasteiger partial charge in [0.05, 0.1) is 30.5 Å². The molecule has 0 aromatic carbocycles. The monoisotopic (exact) mass is 432 g/mol. The van der Waals surface area contributed by atoms with Gasteiger partial charge in [-0.05, 0) is 27.7 Å². The van der Waals surface area contributed by atoms with Crippen LogP contribution in [0.15, 0.2) is 12.5 Å². The number of aromatic nitrogens is 4. The Balaban J connectivity index is 1.41. The molecule has 1 saturated heterocycles. The molecule has 0 bridgehead atoms. The maximum Gasteiger partial charge on any atom is 0.410 e. The number of rotatable bonds is 3. The molecule has 2 aromatic rings. The van der Waals surface area contributed by atoms with Crippen LogP contribution in [-0.4, -0.2) is 61.7 Å². The topological polar surface area (TPSA) is 85.6 Å². The van der Waals surface area contributed by atoms with E-state index in [0.29, 0.717) is 31.9 Å². The lowest BCUT2D eigenvalue weighted by molar-refractivity contribution is -0.0116. The largest absolute Gasteiger partial charge is 0.471 e. The number of anilines is 1. The standard InChI is InChI=1S/C21H29FN6O3/c1-13-18(28-9-14-8-25-26(5)16(14)11-28)23-12-24-19(13)30-17-6-7-27(10-15(17)22)20(29)31-21(2,3)4/h8,12,15,17H,6-7,9-11H2,1-5H3/t15-,17?/m0/s1. The Morgan fingerprint density at radius 3 is 2.71 bits per heavy atom. The zero-order valence-corrected chi connectivity index (χ0v) is 18.6. The van der Waals surface area contributed by atoms with Crippen molar-refractivity contribution in [2.75, 3.05) is 18.0 Å². The molecule has 168 valence electrons. The molecule has 2 atom stereocenters. The predicted molar refractivity (Wildman–Crippen MR) is 112 cm³/mol. The summed E-state index contributed by atoms with van der Waals surface area (Å²) in [5.74, 6) is 1.14. The van der Waals surface area contributed by atoms with Gasteiger partial charge in [0.1, 0.15) is 23.9 Å². The summed E-state index contributed by atoms with van der Waals surface area (Å²) in [7, 11) is 1.93. The van der Waals surface area contributed by atoms with Gasteiger partial charge in [-0.1, -0.05) is 0 Å². The highest BCUT2D eigenvalue weighted by Gasteiger charge is 2.36. The van der Waals surface area contributed by atoms with Crippen molar-refractivity contribution < 1.29 is 18.7 Å². The fraction of sp³-hybridized carbons (Fsp3) is 0.619. The highest BCUT2D eigenvalue weighted by molar-refractivity contribution is 5.68. The fourth-order valence-electron chi connectivity index (χ4n) is 3.95. The van der Waals surface area contributed by atoms with Crippen LogP contribution in [0.3, 0.4) is 0 Å². The average molecular weight is 433 g/mol. The van der Waals surface area contributed by atoms with Crippen LogP contribution in [0.5, 0.6) is 5.88 Å². The van der Waals surface area contributed by atoms with Crippen molar-refractivity contribution in [1.82, 2.24) is 24.6 Å². The molecule has 4 rings (SSSR count). The van der Waals surface area contributed by atoms with Crippen LogP contribution >= 0.6 is 0 Å². The minimum Gasteiger partial charge on any atom is -0.471 e. The highest BCUT2D eigenvalue weighted by atomic mass is 19.1. The van der Waals surface area contributed by atoms with Crippen molar-refractivity contribution in [1.29, 1.82) is 0 Å². The van der Waals surface area contributed by atoms with Gasteiger partial charge in [0.15, 0.2) is 6.17 Å². The number of amides is 1. The third-order valence-corrected chi connectivity index (χ3v) is 5.56. The van der Waals surface area contributed by atoms with E-state index in [2.05, 4.69) is 20.0 Å². The molecule has 0 radical (unpaired) electrons. The summed E-state index contributed by atoms with van der Waals surface area (Å²) in [6.45, 7) is 8.96. The second-order valence-corrected chi connectivity index (χ2v) is 9.11. The van der Waals surface area contributed by atoms with E-state index < -0.39 is 24.0 Å². The van der Waals surface area contributed by atoms with Gasteiger partial charge in [0, 0.05) is 32.1 Å². The minimum absolute atomic E-state index is 0.0645. The first-order valence-corrected chi connectivity index (χ1v) is 10.5. The van der Waals surface area contributed by atoms with Gasteiger partial charge >= 0.3 is 6.09 Å². The highest BCUT2D eigenvalue weighted by Crippen LogP contribution is 2.32. The Labute approximate surface area is 181 Å². The van der Waals surface area contributed by atoms with Crippen LogP contribution in [0.4, 0.5) is 15.0 Å². The van der Waals surface area contributed by atoms with Gasteiger partial charge in [-0.2, -0.15) is 5.10 Å². The Morgan fingerprint density at radius 1 is 1.26 bits per heavy atom. The van der Waals surface area contributed by atoms with Gasteiger partial charge in [0.2, 0.25) is 5.88 Å². The Bertz CT molecular complexity index is 973. The first kappa shape index (κ1) is 21.3. The number of nitrogens with zero attached hydrogens (tertiary/aromatic N) is 6. The third-order valence-electron chi connectivity index (χ3n) is 5.56. The van der Waals surface area contributed by atoms with Crippen LogP contribution in [0.2, 0.25) is 0 Å². The second-order valence-electron chi connectivity index (χ2n) is 9.11. The van der Waals surface area contributed by atoms with E-state index in [4.69, 9.17) is 9.47 Å². The lowest BCUT2D eigenvalue weighted by atomic mass is 10.1. The van der Waals surface area contributed by atoms with Crippen molar-refractivity contribution in [3.8, 4) is 5.88 Å². The molecule has 0 N–H and O–H groups in total. The molecule has 2 aliphatic heterocycles. The molecule has 0 spiro atoms. The molecule has 1 fully saturated rings. The maximum atomic E-state index is 14.9. The van der Waals surface area contributed by atoms with Crippen LogP contribution in [0.1, 0.15) is 44.0 Å². The van der Waals surface area contributed by atoms with E-state index in [1.54, 1.807) is 20.8 Å². The molecule has 31 heavy (non-hydrogen) atoms. The van der Waals surface area contributed by atoms with Crippen LogP contribution in [0, 0.1) is 6.92 Å². The number of ether oxygens (including phenoxy) is 2. The third kappa shape index (κ3) is 4.42. The number of fused-ring (bicyclic) bond motifs is 1. The molecule has 4 heterocycles. The second kappa shape index (κ2) is 7.97. The first-order chi connectivity index (χ1) is 14.6. The lowest BCUT2D eigenvalue weighted by Gasteiger charge is -2.35. The molecule has 2 aromatic heterocycles. The van der Waals surface area contributed by atoms with E-state index >= 15 is 0 Å². The summed E-state index contributed by atoms with van der Waals surface area (Å²) >= 11 is 0. The molecule has 0 aliphatic carbocycles. The Kier molecular flexibility index (Phi) is 5.49. The van der Waals surface area contributed by atoms with Crippen molar-refractivity contribution in [2.45, 2.75) is 65.1 Å². The summed E-state index contributed by atoms with van der Waals surface area (Å²) in [5, 5.41) is 4.28. The number of halogens is 1. The van der Waals surface area contributed by atoms with Gasteiger partial charge in [-0.25, -0.2) is 19.2 Å². The summed E-state index contributed by atoms with van der Waals surface area (Å²) in [6, 6.07) is 0. The van der Waals surface area contributed by atoms with Crippen molar-refractivity contribution >= 4 is 11.9 Å². The van der Waals surface area contributed by atoms with E-state index in [1.807, 2.05) is 24.9 Å². The van der Waals surface area contributed by atoms with Crippen LogP contribution in [0.25, 0.3) is 0 Å². The number of piperidine rings is 1. The normalized spacial score (nSPS) is 21.2. The number of carbonyl (C=O) groups excluding carboxylic acids is 1. The van der Waals surface area contributed by atoms with E-state index in [1.165, 1.54) is 16.8 Å². The maximum absolute atomic E-state index is 14.9. The lowest BCUT2D eigenvalue weighted by Crippen LogP contribution is -2.50. The van der Waals surface area contributed by atoms with E-state index in [-0.39, 0.29) is 6.54 Å². The van der Waals surface area contributed by atoms with E-state index in [0.717, 1.165) is 17.1 Å². The van der Waals surface area contributed by atoms with Crippen LogP contribution in [-0.2, 0) is 24.9 Å². The van der Waals surface area contributed by atoms with Gasteiger partial charge in [-0.3, -0.25) is 4.68 Å². The summed E-state index contributed by atoms with van der Waals surface area (Å²) < 4.78 is 28.0. The van der Waals surface area contributed by atoms with Crippen molar-refractivity contribution in [3.05, 3.63) is 29.3 Å². The Morgan fingerprint density at radius 2 is 2.03 bits per heavy atom. The fourth-order valence-corrected chi connectivity index (χ4v) is 3.95. The average Bonchev–Trinajstić information content (AvgIpc) is 3.25. The molecule has 1 unspecified atom stereocenters. The number of hydrogen-bond donors (Lipinski definition) is 0. The predicted octanol–water partition coefficient (Wildman–Crippen LogP) is 2.77. The smallest absolute Gasteiger partial charge is 0.410 e. The zero-order valence-electron chi connectivity index (χ0n) is 18.6. The summed E-state index contributed by atoms with van der Waals surface area (Å²) in [4.78, 5) is 24.4. The zero-order chi connectivity index (χ0) is 22.3. The number of hydrogen-bond acceptors (Lipinski definition) is 7. The first-order valence-electron chi connectivity index (χ1n) is 10.5. The minimum atomic E-state index is -1.33. The van der Waals surface area contributed by atoms with E-state index in [9.17, 15) is 9.18 Å². The van der Waals surface area contributed by atoms with Gasteiger partial charge in [-0.15, -0.1) is 0 Å². The molecule has 2 aliphatic rings. The number of carbonyl (C=O) groups is 1. The molecule has 10 heteroatoms. The SMILES string of the molecule is Cc1c(OC2CCN(C(=O)OC(C)(C)C)C[C@@H]2F)ncnc1N1Cc2cnn(C)c2C1. The molecule has 1 amide bonds. The molecular formula is C21H29FN6O3. The van der Waals surface area contributed by atoms with Gasteiger partial charge in [0.25, 0.3) is 0 Å². The number of likely N-dealkylation sites (tertiary alicyclic amines) is 1. The van der Waals surface area contributed by atoms with Crippen LogP contribution < -0.4 is 9.64 Å². The number of aryl methyl sites for hydroxylation is 1. The van der Waals surface area contributed by atoms with Crippen molar-refractivity contribution in [3.63, 3.8) is 0 Å². The number of alkyl halides is 1. The Hall–Kier alpha value is -2.91.